The van der Waals surface area contributed by atoms with E-state index >= 15 is 0 Å². The largest absolute Gasteiger partial charge is 0.493 e. The molecule has 7 nitrogen and oxygen atoms in total. The fourth-order valence-electron chi connectivity index (χ4n) is 1.19. The average Bonchev–Trinajstić information content (AvgIpc) is 2.38. The van der Waals surface area contributed by atoms with Crippen LogP contribution in [0, 0.1) is 6.92 Å². The summed E-state index contributed by atoms with van der Waals surface area (Å²) >= 11 is 0. The Bertz CT molecular complexity index is 629. The van der Waals surface area contributed by atoms with E-state index in [0.29, 0.717) is 0 Å². The third-order valence-corrected chi connectivity index (χ3v) is 2.11. The van der Waals surface area contributed by atoms with Gasteiger partial charge in [-0.25, -0.2) is 9.78 Å². The van der Waals surface area contributed by atoms with Crippen molar-refractivity contribution < 1.29 is 20.1 Å². The molecule has 0 bridgehead atoms. The van der Waals surface area contributed by atoms with Gasteiger partial charge in [-0.1, -0.05) is 12.6 Å². The number of aromatic hydroxyl groups is 2. The number of nitrogens with zero attached hydrogens (tertiary/aromatic N) is 3. The monoisotopic (exact) mass is 275 g/mol. The van der Waals surface area contributed by atoms with E-state index in [-0.39, 0.29) is 0 Å². The average molecular weight is 275 g/mol. The van der Waals surface area contributed by atoms with Crippen LogP contribution < -0.4 is 0 Å². The molecule has 3 N–H and O–H groups in total. The van der Waals surface area contributed by atoms with Crippen LogP contribution in [0.1, 0.15) is 21.7 Å². The SMILES string of the molecule is C=Cc1cccc(C)n1.O=C(O)c1cnc(O)nc1O. The number of hydrogen-bond donors (Lipinski definition) is 3. The third-order valence-electron chi connectivity index (χ3n) is 2.11. The standard InChI is InChI=1S/C8H9N.C5H4N2O4/c1-3-8-6-4-5-7(2)9-8;8-3-2(4(9)10)1-6-5(11)7-3/h3-6H,1H2,2H3;1H,(H,9,10)(H2,6,7,8,11). The highest BCUT2D eigenvalue weighted by molar-refractivity contribution is 5.89. The first-order valence-corrected chi connectivity index (χ1v) is 5.48. The van der Waals surface area contributed by atoms with E-state index in [0.717, 1.165) is 17.6 Å². The van der Waals surface area contributed by atoms with Crippen molar-refractivity contribution in [2.24, 2.45) is 0 Å². The zero-order valence-corrected chi connectivity index (χ0v) is 10.7. The van der Waals surface area contributed by atoms with Crippen LogP contribution in [0.15, 0.2) is 31.0 Å². The van der Waals surface area contributed by atoms with Gasteiger partial charge in [0, 0.05) is 5.69 Å². The molecular formula is C13H13N3O4. The quantitative estimate of drug-likeness (QED) is 0.762. The van der Waals surface area contributed by atoms with Crippen molar-refractivity contribution in [3.63, 3.8) is 0 Å². The first kappa shape index (κ1) is 15.1. The number of carboxylic acids is 1. The van der Waals surface area contributed by atoms with Gasteiger partial charge in [-0.05, 0) is 25.1 Å². The summed E-state index contributed by atoms with van der Waals surface area (Å²) in [5.41, 5.74) is 1.53. The number of aromatic carboxylic acids is 1. The zero-order chi connectivity index (χ0) is 15.1. The Morgan fingerprint density at radius 2 is 2.00 bits per heavy atom. The minimum Gasteiger partial charge on any atom is -0.493 e. The highest BCUT2D eigenvalue weighted by atomic mass is 16.4. The fourth-order valence-corrected chi connectivity index (χ4v) is 1.19. The lowest BCUT2D eigenvalue weighted by molar-refractivity contribution is 0.0692. The summed E-state index contributed by atoms with van der Waals surface area (Å²) in [6, 6.07) is 5.21. The number of pyridine rings is 1. The molecule has 2 aromatic rings. The van der Waals surface area contributed by atoms with E-state index in [9.17, 15) is 4.79 Å². The third kappa shape index (κ3) is 4.37. The van der Waals surface area contributed by atoms with E-state index in [2.05, 4.69) is 21.5 Å². The van der Waals surface area contributed by atoms with Gasteiger partial charge in [0.15, 0.2) is 0 Å². The number of rotatable bonds is 2. The molecule has 0 saturated carbocycles. The fraction of sp³-hybridized carbons (Fsp3) is 0.0769. The molecular weight excluding hydrogens is 262 g/mol. The molecule has 0 spiro atoms. The maximum atomic E-state index is 10.2. The van der Waals surface area contributed by atoms with E-state index < -0.39 is 23.4 Å². The predicted molar refractivity (Wildman–Crippen MR) is 71.4 cm³/mol. The van der Waals surface area contributed by atoms with Crippen molar-refractivity contribution in [1.82, 2.24) is 15.0 Å². The molecule has 0 aliphatic rings. The highest BCUT2D eigenvalue weighted by Crippen LogP contribution is 2.13. The molecule has 0 unspecified atom stereocenters. The Labute approximate surface area is 114 Å². The van der Waals surface area contributed by atoms with Crippen LogP contribution in [-0.4, -0.2) is 36.2 Å². The smallest absolute Gasteiger partial charge is 0.342 e. The number of carbonyl (C=O) groups is 1. The van der Waals surface area contributed by atoms with Gasteiger partial charge in [0.25, 0.3) is 0 Å². The lowest BCUT2D eigenvalue weighted by Gasteiger charge is -1.95. The van der Waals surface area contributed by atoms with Crippen molar-refractivity contribution in [3.8, 4) is 11.9 Å². The molecule has 0 fully saturated rings. The first-order chi connectivity index (χ1) is 9.43. The Morgan fingerprint density at radius 1 is 1.30 bits per heavy atom. The second-order valence-electron chi connectivity index (χ2n) is 3.62. The van der Waals surface area contributed by atoms with Gasteiger partial charge in [0.05, 0.1) is 11.9 Å². The second-order valence-corrected chi connectivity index (χ2v) is 3.62. The van der Waals surface area contributed by atoms with Crippen molar-refractivity contribution in [2.75, 3.05) is 0 Å². The molecule has 104 valence electrons. The Balaban J connectivity index is 0.000000204. The van der Waals surface area contributed by atoms with Gasteiger partial charge in [-0.15, -0.1) is 0 Å². The molecule has 0 aliphatic carbocycles. The molecule has 2 rings (SSSR count). The highest BCUT2D eigenvalue weighted by Gasteiger charge is 2.11. The van der Waals surface area contributed by atoms with E-state index in [1.165, 1.54) is 0 Å². The summed E-state index contributed by atoms with van der Waals surface area (Å²) < 4.78 is 0. The summed E-state index contributed by atoms with van der Waals surface area (Å²) in [6.07, 6.45) is 2.56. The molecule has 2 heterocycles. The molecule has 0 aromatic carbocycles. The zero-order valence-electron chi connectivity index (χ0n) is 10.7. The van der Waals surface area contributed by atoms with Gasteiger partial charge in [-0.2, -0.15) is 4.98 Å². The maximum Gasteiger partial charge on any atom is 0.342 e. The molecule has 0 amide bonds. The van der Waals surface area contributed by atoms with Gasteiger partial charge in [0.1, 0.15) is 5.56 Å². The van der Waals surface area contributed by atoms with Gasteiger partial charge in [0.2, 0.25) is 5.88 Å². The Morgan fingerprint density at radius 3 is 2.45 bits per heavy atom. The second kappa shape index (κ2) is 6.83. The van der Waals surface area contributed by atoms with E-state index in [1.807, 2.05) is 25.1 Å². The Kier molecular flexibility index (Phi) is 5.16. The summed E-state index contributed by atoms with van der Waals surface area (Å²) in [4.78, 5) is 20.6. The topological polar surface area (TPSA) is 116 Å². The normalized spacial score (nSPS) is 9.25. The molecule has 7 heteroatoms. The summed E-state index contributed by atoms with van der Waals surface area (Å²) in [5.74, 6) is -2.09. The van der Waals surface area contributed by atoms with Gasteiger partial charge in [-0.3, -0.25) is 4.98 Å². The Hall–Kier alpha value is -2.96. The first-order valence-electron chi connectivity index (χ1n) is 5.48. The molecule has 0 atom stereocenters. The minimum atomic E-state index is -1.34. The number of carboxylic acid groups (broad SMARTS) is 1. The van der Waals surface area contributed by atoms with Crippen LogP contribution in [0.5, 0.6) is 11.9 Å². The lowest BCUT2D eigenvalue weighted by atomic mass is 10.3. The minimum absolute atomic E-state index is 0.442. The van der Waals surface area contributed by atoms with Crippen LogP contribution in [-0.2, 0) is 0 Å². The van der Waals surface area contributed by atoms with Gasteiger partial charge >= 0.3 is 12.0 Å². The van der Waals surface area contributed by atoms with E-state index in [4.69, 9.17) is 15.3 Å². The van der Waals surface area contributed by atoms with Crippen molar-refractivity contribution in [1.29, 1.82) is 0 Å². The van der Waals surface area contributed by atoms with Crippen LogP contribution in [0.4, 0.5) is 0 Å². The van der Waals surface area contributed by atoms with Gasteiger partial charge < -0.3 is 15.3 Å². The number of hydrogen-bond acceptors (Lipinski definition) is 6. The molecule has 0 radical (unpaired) electrons. The van der Waals surface area contributed by atoms with E-state index in [1.54, 1.807) is 6.08 Å². The number of aromatic nitrogens is 3. The molecule has 20 heavy (non-hydrogen) atoms. The summed E-state index contributed by atoms with van der Waals surface area (Å²) in [7, 11) is 0. The predicted octanol–water partition coefficient (Wildman–Crippen LogP) is 1.62. The van der Waals surface area contributed by atoms with Crippen molar-refractivity contribution >= 4 is 12.0 Å². The van der Waals surface area contributed by atoms with Crippen LogP contribution >= 0.6 is 0 Å². The van der Waals surface area contributed by atoms with Crippen LogP contribution in [0.2, 0.25) is 0 Å². The molecule has 0 aliphatic heterocycles. The van der Waals surface area contributed by atoms with Crippen LogP contribution in [0.25, 0.3) is 6.08 Å². The maximum absolute atomic E-state index is 10.2. The van der Waals surface area contributed by atoms with Crippen molar-refractivity contribution in [3.05, 3.63) is 47.9 Å². The molecule has 0 saturated heterocycles. The van der Waals surface area contributed by atoms with Crippen LogP contribution in [0.3, 0.4) is 0 Å². The molecule has 2 aromatic heterocycles. The number of aryl methyl sites for hydroxylation is 1. The summed E-state index contributed by atoms with van der Waals surface area (Å²) in [6.45, 7) is 5.57. The summed E-state index contributed by atoms with van der Waals surface area (Å²) in [5, 5.41) is 25.6. The lowest BCUT2D eigenvalue weighted by Crippen LogP contribution is -1.98. The van der Waals surface area contributed by atoms with Crippen molar-refractivity contribution in [2.45, 2.75) is 6.92 Å².